The number of benzene rings is 2. The van der Waals surface area contributed by atoms with Crippen LogP contribution in [0, 0.1) is 0 Å². The van der Waals surface area contributed by atoms with E-state index in [0.717, 1.165) is 5.56 Å². The first-order chi connectivity index (χ1) is 11.0. The number of nitrogens with one attached hydrogen (secondary N) is 1. The molecule has 0 unspecified atom stereocenters. The molecule has 0 saturated heterocycles. The molecule has 1 amide bonds. The highest BCUT2D eigenvalue weighted by Gasteiger charge is 2.20. The molecule has 2 aromatic carbocycles. The van der Waals surface area contributed by atoms with Gasteiger partial charge in [0, 0.05) is 0 Å². The molecule has 0 fully saturated rings. The number of amides is 1. The number of carbonyl (C=O) groups is 3. The normalized spacial score (nSPS) is 9.91. The molecule has 0 saturated carbocycles. The highest BCUT2D eigenvalue weighted by molar-refractivity contribution is 6.06. The summed E-state index contributed by atoms with van der Waals surface area (Å²) in [6, 6.07) is 12.5. The van der Waals surface area contributed by atoms with Gasteiger partial charge in [-0.1, -0.05) is 36.4 Å². The first kappa shape index (κ1) is 16.0. The number of anilines is 1. The predicted octanol–water partition coefficient (Wildman–Crippen LogP) is 2.83. The molecule has 2 rings (SSSR count). The van der Waals surface area contributed by atoms with Crippen LogP contribution in [0.25, 0.3) is 0 Å². The fraction of sp³-hybridized carbons (Fsp3) is 0.0625. The highest BCUT2D eigenvalue weighted by Crippen LogP contribution is 2.22. The molecule has 0 aliphatic carbocycles. The van der Waals surface area contributed by atoms with Crippen molar-refractivity contribution in [1.29, 1.82) is 0 Å². The highest BCUT2D eigenvalue weighted by atomic mass is 16.5. The van der Waals surface area contributed by atoms with E-state index in [2.05, 4.69) is 5.32 Å². The summed E-state index contributed by atoms with van der Waals surface area (Å²) >= 11 is 0. The molecule has 118 valence electrons. The van der Waals surface area contributed by atoms with Gasteiger partial charge in [-0.05, 0) is 17.7 Å². The van der Waals surface area contributed by atoms with Gasteiger partial charge in [-0.25, -0.2) is 14.4 Å². The van der Waals surface area contributed by atoms with E-state index in [4.69, 9.17) is 14.9 Å². The topological polar surface area (TPSA) is 113 Å². The van der Waals surface area contributed by atoms with Crippen molar-refractivity contribution in [3.05, 3.63) is 65.2 Å². The lowest BCUT2D eigenvalue weighted by atomic mass is 10.1. The Morgan fingerprint density at radius 1 is 0.870 bits per heavy atom. The fourth-order valence-corrected chi connectivity index (χ4v) is 1.90. The lowest BCUT2D eigenvalue weighted by Crippen LogP contribution is -2.19. The van der Waals surface area contributed by atoms with Crippen LogP contribution in [-0.4, -0.2) is 28.2 Å². The van der Waals surface area contributed by atoms with Crippen molar-refractivity contribution in [2.24, 2.45) is 0 Å². The fourth-order valence-electron chi connectivity index (χ4n) is 1.90. The zero-order valence-electron chi connectivity index (χ0n) is 11.9. The molecule has 0 bridgehead atoms. The molecule has 0 spiro atoms. The average molecular weight is 315 g/mol. The van der Waals surface area contributed by atoms with Gasteiger partial charge < -0.3 is 14.9 Å². The van der Waals surface area contributed by atoms with Crippen molar-refractivity contribution in [3.63, 3.8) is 0 Å². The average Bonchev–Trinajstić information content (AvgIpc) is 2.53. The molecule has 0 heterocycles. The van der Waals surface area contributed by atoms with E-state index < -0.39 is 18.0 Å². The summed E-state index contributed by atoms with van der Waals surface area (Å²) in [7, 11) is 0. The maximum atomic E-state index is 11.8. The number of rotatable bonds is 5. The van der Waals surface area contributed by atoms with E-state index in [-0.39, 0.29) is 23.4 Å². The van der Waals surface area contributed by atoms with Crippen LogP contribution in [0.15, 0.2) is 48.5 Å². The second-order valence-corrected chi connectivity index (χ2v) is 4.53. The zero-order chi connectivity index (χ0) is 16.8. The van der Waals surface area contributed by atoms with Gasteiger partial charge >= 0.3 is 18.0 Å². The maximum Gasteiger partial charge on any atom is 0.412 e. The molecule has 23 heavy (non-hydrogen) atoms. The third-order valence-corrected chi connectivity index (χ3v) is 2.97. The summed E-state index contributed by atoms with van der Waals surface area (Å²) < 4.78 is 4.97. The number of ether oxygens (including phenoxy) is 1. The molecule has 0 atom stereocenters. The number of para-hydroxylation sites is 1. The Morgan fingerprint density at radius 3 is 1.96 bits per heavy atom. The third kappa shape index (κ3) is 4.07. The van der Waals surface area contributed by atoms with Crippen molar-refractivity contribution < 1.29 is 29.3 Å². The van der Waals surface area contributed by atoms with Gasteiger partial charge in [-0.3, -0.25) is 5.32 Å². The van der Waals surface area contributed by atoms with Gasteiger partial charge in [0.15, 0.2) is 0 Å². The van der Waals surface area contributed by atoms with E-state index >= 15 is 0 Å². The van der Waals surface area contributed by atoms with Gasteiger partial charge in [0.25, 0.3) is 0 Å². The molecule has 2 aromatic rings. The van der Waals surface area contributed by atoms with E-state index in [1.54, 1.807) is 24.3 Å². The SMILES string of the molecule is O=C(Nc1c(C(=O)O)cccc1C(=O)O)OCc1ccccc1. The standard InChI is InChI=1S/C16H13NO6/c18-14(19)11-7-4-8-12(15(20)21)13(11)17-16(22)23-9-10-5-2-1-3-6-10/h1-8H,9H2,(H,17,22)(H,18,19)(H,20,21). The molecule has 7 nitrogen and oxygen atoms in total. The molecule has 0 aliphatic heterocycles. The Labute approximate surface area is 131 Å². The molecule has 7 heteroatoms. The van der Waals surface area contributed by atoms with Gasteiger partial charge in [-0.2, -0.15) is 0 Å². The Hall–Kier alpha value is -3.35. The summed E-state index contributed by atoms with van der Waals surface area (Å²) in [5.41, 5.74) is -0.235. The van der Waals surface area contributed by atoms with Crippen molar-refractivity contribution in [3.8, 4) is 0 Å². The summed E-state index contributed by atoms with van der Waals surface area (Å²) in [5.74, 6) is -2.71. The van der Waals surface area contributed by atoms with E-state index in [9.17, 15) is 14.4 Å². The smallest absolute Gasteiger partial charge is 0.412 e. The van der Waals surface area contributed by atoms with Crippen LogP contribution in [0.2, 0.25) is 0 Å². The largest absolute Gasteiger partial charge is 0.478 e. The number of hydrogen-bond acceptors (Lipinski definition) is 4. The van der Waals surface area contributed by atoms with Crippen LogP contribution >= 0.6 is 0 Å². The lowest BCUT2D eigenvalue weighted by molar-refractivity contribution is 0.0696. The molecular formula is C16H13NO6. The first-order valence-corrected chi connectivity index (χ1v) is 6.56. The minimum Gasteiger partial charge on any atom is -0.478 e. The van der Waals surface area contributed by atoms with Gasteiger partial charge in [0.2, 0.25) is 0 Å². The zero-order valence-corrected chi connectivity index (χ0v) is 11.9. The van der Waals surface area contributed by atoms with Crippen molar-refractivity contribution in [1.82, 2.24) is 0 Å². The van der Waals surface area contributed by atoms with Crippen molar-refractivity contribution >= 4 is 23.7 Å². The minimum absolute atomic E-state index is 0.0235. The van der Waals surface area contributed by atoms with Crippen LogP contribution in [-0.2, 0) is 11.3 Å². The number of carboxylic acids is 2. The van der Waals surface area contributed by atoms with Crippen LogP contribution < -0.4 is 5.32 Å². The van der Waals surface area contributed by atoms with Crippen LogP contribution in [0.4, 0.5) is 10.5 Å². The Kier molecular flexibility index (Phi) is 4.93. The monoisotopic (exact) mass is 315 g/mol. The quantitative estimate of drug-likeness (QED) is 0.782. The molecule has 3 N–H and O–H groups in total. The minimum atomic E-state index is -1.36. The second kappa shape index (κ2) is 7.08. The van der Waals surface area contributed by atoms with E-state index in [0.29, 0.717) is 0 Å². The second-order valence-electron chi connectivity index (χ2n) is 4.53. The maximum absolute atomic E-state index is 11.8. The molecule has 0 aromatic heterocycles. The summed E-state index contributed by atoms with van der Waals surface area (Å²) in [6.45, 7) is -0.0235. The van der Waals surface area contributed by atoms with Gasteiger partial charge in [0.05, 0.1) is 16.8 Å². The molecule has 0 radical (unpaired) electrons. The number of carboxylic acid groups (broad SMARTS) is 2. The van der Waals surface area contributed by atoms with Crippen molar-refractivity contribution in [2.45, 2.75) is 6.61 Å². The van der Waals surface area contributed by atoms with Crippen LogP contribution in [0.1, 0.15) is 26.3 Å². The predicted molar refractivity (Wildman–Crippen MR) is 80.6 cm³/mol. The number of aromatic carboxylic acids is 2. The number of carbonyl (C=O) groups excluding carboxylic acids is 1. The van der Waals surface area contributed by atoms with E-state index in [1.165, 1.54) is 18.2 Å². The molecule has 0 aliphatic rings. The number of hydrogen-bond donors (Lipinski definition) is 3. The summed E-state index contributed by atoms with van der Waals surface area (Å²) in [6.07, 6.45) is -0.940. The van der Waals surface area contributed by atoms with Crippen LogP contribution in [0.3, 0.4) is 0 Å². The van der Waals surface area contributed by atoms with Crippen molar-refractivity contribution in [2.75, 3.05) is 5.32 Å². The molecular weight excluding hydrogens is 302 g/mol. The summed E-state index contributed by atoms with van der Waals surface area (Å²) in [5, 5.41) is 20.4. The Balaban J connectivity index is 2.16. The lowest BCUT2D eigenvalue weighted by Gasteiger charge is -2.12. The third-order valence-electron chi connectivity index (χ3n) is 2.97. The van der Waals surface area contributed by atoms with E-state index in [1.807, 2.05) is 6.07 Å². The summed E-state index contributed by atoms with van der Waals surface area (Å²) in [4.78, 5) is 34.2. The van der Waals surface area contributed by atoms with Crippen LogP contribution in [0.5, 0.6) is 0 Å². The van der Waals surface area contributed by atoms with Gasteiger partial charge in [-0.15, -0.1) is 0 Å². The Morgan fingerprint density at radius 2 is 1.43 bits per heavy atom. The first-order valence-electron chi connectivity index (χ1n) is 6.56. The van der Waals surface area contributed by atoms with Gasteiger partial charge in [0.1, 0.15) is 6.61 Å². The Bertz CT molecular complexity index is 709.